The number of hydrogen-bond acceptors (Lipinski definition) is 1. The van der Waals surface area contributed by atoms with Crippen LogP contribution in [0.15, 0.2) is 55.1 Å². The summed E-state index contributed by atoms with van der Waals surface area (Å²) in [6.45, 7) is 3.05. The molecule has 0 radical (unpaired) electrons. The number of carbonyl (C=O) groups is 1. The normalized spacial score (nSPS) is 10.0. The van der Waals surface area contributed by atoms with Crippen molar-refractivity contribution in [2.45, 2.75) is 0 Å². The zero-order valence-electron chi connectivity index (χ0n) is 9.99. The first kappa shape index (κ1) is 13.0. The average Bonchev–Trinajstić information content (AvgIpc) is 2.41. The van der Waals surface area contributed by atoms with Gasteiger partial charge in [-0.2, -0.15) is 0 Å². The molecule has 0 fully saturated rings. The number of hydrogen-bond donors (Lipinski definition) is 1. The maximum absolute atomic E-state index is 13.3. The van der Waals surface area contributed by atoms with Crippen LogP contribution < -0.4 is 5.32 Å². The van der Waals surface area contributed by atoms with E-state index < -0.39 is 11.6 Å². The molecule has 0 spiro atoms. The van der Waals surface area contributed by atoms with Gasteiger partial charge in [0.15, 0.2) is 0 Å². The second kappa shape index (κ2) is 5.44. The summed E-state index contributed by atoms with van der Waals surface area (Å²) in [4.78, 5) is 11.9. The molecule has 1 N–H and O–H groups in total. The Labute approximate surface area is 109 Å². The van der Waals surface area contributed by atoms with E-state index in [9.17, 15) is 13.6 Å². The van der Waals surface area contributed by atoms with E-state index in [1.165, 1.54) is 12.1 Å². The third kappa shape index (κ3) is 3.04. The molecule has 19 heavy (non-hydrogen) atoms. The minimum absolute atomic E-state index is 0.258. The van der Waals surface area contributed by atoms with Crippen molar-refractivity contribution in [2.75, 3.05) is 5.32 Å². The molecule has 0 heterocycles. The molecule has 2 nitrogen and oxygen atoms in total. The van der Waals surface area contributed by atoms with Gasteiger partial charge in [-0.1, -0.05) is 24.8 Å². The maximum atomic E-state index is 13.3. The van der Waals surface area contributed by atoms with Gasteiger partial charge in [0.25, 0.3) is 5.91 Å². The predicted molar refractivity (Wildman–Crippen MR) is 70.9 cm³/mol. The van der Waals surface area contributed by atoms with Gasteiger partial charge >= 0.3 is 0 Å². The zero-order valence-corrected chi connectivity index (χ0v) is 9.99. The average molecular weight is 259 g/mol. The third-order valence-electron chi connectivity index (χ3n) is 2.55. The van der Waals surface area contributed by atoms with Crippen molar-refractivity contribution in [3.8, 4) is 0 Å². The molecule has 0 saturated heterocycles. The molecule has 1 amide bonds. The number of amides is 1. The van der Waals surface area contributed by atoms with Gasteiger partial charge in [-0.05, 0) is 30.3 Å². The molecule has 0 aliphatic rings. The smallest absolute Gasteiger partial charge is 0.255 e. The lowest BCUT2D eigenvalue weighted by Crippen LogP contribution is -2.11. The SMILES string of the molecule is C=C(F)c1cc(NC(=O)c2ccccc2)ccc1F. The van der Waals surface area contributed by atoms with Crippen LogP contribution in [0.1, 0.15) is 15.9 Å². The van der Waals surface area contributed by atoms with Crippen molar-refractivity contribution in [3.05, 3.63) is 72.1 Å². The van der Waals surface area contributed by atoms with Gasteiger partial charge in [0.1, 0.15) is 11.6 Å². The summed E-state index contributed by atoms with van der Waals surface area (Å²) in [5, 5.41) is 2.57. The quantitative estimate of drug-likeness (QED) is 0.886. The van der Waals surface area contributed by atoms with Crippen molar-refractivity contribution in [3.63, 3.8) is 0 Å². The van der Waals surface area contributed by atoms with Crippen molar-refractivity contribution in [1.82, 2.24) is 0 Å². The van der Waals surface area contributed by atoms with Crippen molar-refractivity contribution in [2.24, 2.45) is 0 Å². The Morgan fingerprint density at radius 1 is 1.11 bits per heavy atom. The molecule has 0 bridgehead atoms. The van der Waals surface area contributed by atoms with Gasteiger partial charge in [-0.15, -0.1) is 0 Å². The Morgan fingerprint density at radius 2 is 1.79 bits per heavy atom. The molecule has 0 unspecified atom stereocenters. The molecule has 0 atom stereocenters. The fraction of sp³-hybridized carbons (Fsp3) is 0. The van der Waals surface area contributed by atoms with Crippen LogP contribution in [0.5, 0.6) is 0 Å². The molecular weight excluding hydrogens is 248 g/mol. The second-order valence-corrected chi connectivity index (χ2v) is 3.92. The zero-order chi connectivity index (χ0) is 13.8. The Morgan fingerprint density at radius 3 is 2.42 bits per heavy atom. The Kier molecular flexibility index (Phi) is 3.71. The number of carbonyl (C=O) groups excluding carboxylic acids is 1. The topological polar surface area (TPSA) is 29.1 Å². The molecule has 4 heteroatoms. The lowest BCUT2D eigenvalue weighted by Gasteiger charge is -2.07. The highest BCUT2D eigenvalue weighted by atomic mass is 19.1. The first-order valence-electron chi connectivity index (χ1n) is 5.58. The molecule has 0 aliphatic heterocycles. The van der Waals surface area contributed by atoms with E-state index in [0.717, 1.165) is 6.07 Å². The lowest BCUT2D eigenvalue weighted by atomic mass is 10.1. The van der Waals surface area contributed by atoms with Crippen LogP contribution in [0, 0.1) is 5.82 Å². The van der Waals surface area contributed by atoms with Gasteiger partial charge in [0.05, 0.1) is 0 Å². The van der Waals surface area contributed by atoms with Gasteiger partial charge in [-0.25, -0.2) is 8.78 Å². The van der Waals surface area contributed by atoms with Crippen LogP contribution in [0.4, 0.5) is 14.5 Å². The summed E-state index contributed by atoms with van der Waals surface area (Å²) in [6.07, 6.45) is 0. The highest BCUT2D eigenvalue weighted by Gasteiger charge is 2.09. The van der Waals surface area contributed by atoms with Crippen LogP contribution in [-0.2, 0) is 0 Å². The summed E-state index contributed by atoms with van der Waals surface area (Å²) in [6, 6.07) is 12.2. The molecule has 2 aromatic rings. The van der Waals surface area contributed by atoms with Gasteiger partial charge in [0, 0.05) is 16.8 Å². The van der Waals surface area contributed by atoms with E-state index in [1.54, 1.807) is 30.3 Å². The first-order chi connectivity index (χ1) is 9.08. The number of rotatable bonds is 3. The Bertz CT molecular complexity index is 623. The largest absolute Gasteiger partial charge is 0.322 e. The van der Waals surface area contributed by atoms with Gasteiger partial charge in [0.2, 0.25) is 0 Å². The molecular formula is C15H11F2NO. The maximum Gasteiger partial charge on any atom is 0.255 e. The second-order valence-electron chi connectivity index (χ2n) is 3.92. The predicted octanol–water partition coefficient (Wildman–Crippen LogP) is 4.02. The molecule has 0 aromatic heterocycles. The lowest BCUT2D eigenvalue weighted by molar-refractivity contribution is 0.102. The number of halogens is 2. The fourth-order valence-corrected chi connectivity index (χ4v) is 1.60. The summed E-state index contributed by atoms with van der Waals surface area (Å²) >= 11 is 0. The number of nitrogens with one attached hydrogen (secondary N) is 1. The van der Waals surface area contributed by atoms with E-state index >= 15 is 0 Å². The van der Waals surface area contributed by atoms with Crippen LogP contribution in [-0.4, -0.2) is 5.91 Å². The van der Waals surface area contributed by atoms with E-state index in [2.05, 4.69) is 11.9 Å². The van der Waals surface area contributed by atoms with E-state index in [0.29, 0.717) is 11.3 Å². The van der Waals surface area contributed by atoms with Crippen LogP contribution in [0.2, 0.25) is 0 Å². The first-order valence-corrected chi connectivity index (χ1v) is 5.58. The molecule has 96 valence electrons. The number of anilines is 1. The van der Waals surface area contributed by atoms with Gasteiger partial charge < -0.3 is 5.32 Å². The van der Waals surface area contributed by atoms with Crippen molar-refractivity contribution < 1.29 is 13.6 Å². The van der Waals surface area contributed by atoms with E-state index in [4.69, 9.17) is 0 Å². The summed E-state index contributed by atoms with van der Waals surface area (Å²) in [7, 11) is 0. The fourth-order valence-electron chi connectivity index (χ4n) is 1.60. The van der Waals surface area contributed by atoms with E-state index in [-0.39, 0.29) is 11.5 Å². The molecule has 0 aliphatic carbocycles. The van der Waals surface area contributed by atoms with Crippen LogP contribution in [0.3, 0.4) is 0 Å². The summed E-state index contributed by atoms with van der Waals surface area (Å²) in [5.74, 6) is -1.94. The number of benzene rings is 2. The monoisotopic (exact) mass is 259 g/mol. The van der Waals surface area contributed by atoms with Crippen LogP contribution >= 0.6 is 0 Å². The van der Waals surface area contributed by atoms with Gasteiger partial charge in [-0.3, -0.25) is 4.79 Å². The van der Waals surface area contributed by atoms with Crippen LogP contribution in [0.25, 0.3) is 5.83 Å². The molecule has 0 saturated carbocycles. The minimum Gasteiger partial charge on any atom is -0.322 e. The summed E-state index contributed by atoms with van der Waals surface area (Å²) < 4.78 is 26.3. The van der Waals surface area contributed by atoms with E-state index in [1.807, 2.05) is 0 Å². The van der Waals surface area contributed by atoms with Crippen molar-refractivity contribution >= 4 is 17.4 Å². The summed E-state index contributed by atoms with van der Waals surface area (Å²) in [5.41, 5.74) is 0.516. The Hall–Kier alpha value is -2.49. The standard InChI is InChI=1S/C15H11F2NO/c1-10(16)13-9-12(7-8-14(13)17)18-15(19)11-5-3-2-4-6-11/h2-9H,1H2,(H,18,19). The Balaban J connectivity index is 2.23. The minimum atomic E-state index is -0.881. The highest BCUT2D eigenvalue weighted by molar-refractivity contribution is 6.04. The molecule has 2 aromatic carbocycles. The molecule has 2 rings (SSSR count). The third-order valence-corrected chi connectivity index (χ3v) is 2.55. The van der Waals surface area contributed by atoms with Crippen molar-refractivity contribution in [1.29, 1.82) is 0 Å². The highest BCUT2D eigenvalue weighted by Crippen LogP contribution is 2.22.